The third-order valence-electron chi connectivity index (χ3n) is 3.59. The maximum absolute atomic E-state index is 6.04. The molecule has 3 aromatic rings. The molecule has 2 nitrogen and oxygen atoms in total. The molecule has 0 aromatic heterocycles. The maximum atomic E-state index is 6.04. The van der Waals surface area contributed by atoms with Gasteiger partial charge in [-0.15, -0.1) is 0 Å². The zero-order valence-corrected chi connectivity index (χ0v) is 14.2. The number of fused-ring (bicyclic) bond motifs is 1. The van der Waals surface area contributed by atoms with E-state index in [1.165, 1.54) is 5.56 Å². The first kappa shape index (κ1) is 14.9. The lowest BCUT2D eigenvalue weighted by Crippen LogP contribution is -1.99. The molecule has 112 valence electrons. The van der Waals surface area contributed by atoms with E-state index in [1.807, 2.05) is 24.3 Å². The molecule has 0 aliphatic heterocycles. The smallest absolute Gasteiger partial charge is 0.176 e. The van der Waals surface area contributed by atoms with E-state index in [-0.39, 0.29) is 0 Å². The molecule has 0 spiro atoms. The Morgan fingerprint density at radius 1 is 1.00 bits per heavy atom. The fourth-order valence-corrected chi connectivity index (χ4v) is 3.17. The van der Waals surface area contributed by atoms with E-state index in [2.05, 4.69) is 53.2 Å². The van der Waals surface area contributed by atoms with Crippen molar-refractivity contribution in [2.75, 3.05) is 7.11 Å². The molecule has 3 aromatic carbocycles. The van der Waals surface area contributed by atoms with E-state index >= 15 is 0 Å². The van der Waals surface area contributed by atoms with E-state index in [9.17, 15) is 0 Å². The average molecular weight is 357 g/mol. The normalized spacial score (nSPS) is 10.7. The minimum Gasteiger partial charge on any atom is -0.493 e. The standard InChI is InChI=1S/C19H17BrO2/c1-13-6-5-7-14(10-13)12-22-19-17(21-2)11-15-8-3-4-9-16(15)18(19)20/h3-11H,12H2,1-2H3. The Bertz CT molecular complexity index is 812. The van der Waals surface area contributed by atoms with Crippen LogP contribution in [0, 0.1) is 6.92 Å². The molecule has 0 aliphatic carbocycles. The van der Waals surface area contributed by atoms with Gasteiger partial charge in [0.1, 0.15) is 6.61 Å². The fourth-order valence-electron chi connectivity index (χ4n) is 2.50. The van der Waals surface area contributed by atoms with Gasteiger partial charge in [0, 0.05) is 0 Å². The van der Waals surface area contributed by atoms with Crippen LogP contribution in [0.1, 0.15) is 11.1 Å². The van der Waals surface area contributed by atoms with Crippen molar-refractivity contribution in [1.29, 1.82) is 0 Å². The van der Waals surface area contributed by atoms with Crippen LogP contribution < -0.4 is 9.47 Å². The number of hydrogen-bond donors (Lipinski definition) is 0. The van der Waals surface area contributed by atoms with Crippen molar-refractivity contribution in [3.63, 3.8) is 0 Å². The van der Waals surface area contributed by atoms with Crippen molar-refractivity contribution in [3.8, 4) is 11.5 Å². The number of aryl methyl sites for hydroxylation is 1. The summed E-state index contributed by atoms with van der Waals surface area (Å²) in [4.78, 5) is 0. The van der Waals surface area contributed by atoms with Crippen molar-refractivity contribution >= 4 is 26.7 Å². The largest absolute Gasteiger partial charge is 0.493 e. The first-order valence-corrected chi connectivity index (χ1v) is 7.92. The molecule has 0 atom stereocenters. The van der Waals surface area contributed by atoms with Crippen LogP contribution in [0.4, 0.5) is 0 Å². The minimum atomic E-state index is 0.509. The van der Waals surface area contributed by atoms with Crippen LogP contribution >= 0.6 is 15.9 Å². The second kappa shape index (κ2) is 6.41. The lowest BCUT2D eigenvalue weighted by molar-refractivity contribution is 0.283. The third-order valence-corrected chi connectivity index (χ3v) is 4.38. The molecule has 0 fully saturated rings. The zero-order chi connectivity index (χ0) is 15.5. The Balaban J connectivity index is 1.97. The highest BCUT2D eigenvalue weighted by molar-refractivity contribution is 9.10. The molecule has 3 rings (SSSR count). The summed E-state index contributed by atoms with van der Waals surface area (Å²) in [7, 11) is 1.66. The van der Waals surface area contributed by atoms with Crippen LogP contribution in [0.3, 0.4) is 0 Å². The summed E-state index contributed by atoms with van der Waals surface area (Å²) in [5, 5.41) is 2.23. The van der Waals surface area contributed by atoms with Crippen molar-refractivity contribution in [2.45, 2.75) is 13.5 Å². The van der Waals surface area contributed by atoms with Gasteiger partial charge in [-0.2, -0.15) is 0 Å². The van der Waals surface area contributed by atoms with Crippen LogP contribution in [0.2, 0.25) is 0 Å². The maximum Gasteiger partial charge on any atom is 0.176 e. The van der Waals surface area contributed by atoms with E-state index in [1.54, 1.807) is 7.11 Å². The Kier molecular flexibility index (Phi) is 4.34. The van der Waals surface area contributed by atoms with Gasteiger partial charge in [-0.3, -0.25) is 0 Å². The summed E-state index contributed by atoms with van der Waals surface area (Å²) in [5.74, 6) is 1.47. The Morgan fingerprint density at radius 3 is 2.59 bits per heavy atom. The first-order chi connectivity index (χ1) is 10.7. The minimum absolute atomic E-state index is 0.509. The molecule has 0 saturated carbocycles. The van der Waals surface area contributed by atoms with Gasteiger partial charge in [-0.1, -0.05) is 54.1 Å². The molecular formula is C19H17BrO2. The summed E-state index contributed by atoms with van der Waals surface area (Å²) in [6.07, 6.45) is 0. The molecule has 0 heterocycles. The van der Waals surface area contributed by atoms with Crippen LogP contribution in [0.25, 0.3) is 10.8 Å². The lowest BCUT2D eigenvalue weighted by Gasteiger charge is -2.15. The Labute approximate surface area is 138 Å². The summed E-state index contributed by atoms with van der Waals surface area (Å²) < 4.78 is 12.5. The second-order valence-corrected chi connectivity index (χ2v) is 6.01. The van der Waals surface area contributed by atoms with Crippen molar-refractivity contribution in [3.05, 3.63) is 70.2 Å². The van der Waals surface area contributed by atoms with Crippen LogP contribution in [0.15, 0.2) is 59.1 Å². The van der Waals surface area contributed by atoms with Gasteiger partial charge in [-0.05, 0) is 45.3 Å². The van der Waals surface area contributed by atoms with Gasteiger partial charge in [0.15, 0.2) is 11.5 Å². The quantitative estimate of drug-likeness (QED) is 0.614. The molecule has 3 heteroatoms. The average Bonchev–Trinajstić information content (AvgIpc) is 2.54. The van der Waals surface area contributed by atoms with Crippen LogP contribution in [-0.4, -0.2) is 7.11 Å². The molecule has 0 unspecified atom stereocenters. The molecule has 0 aliphatic rings. The zero-order valence-electron chi connectivity index (χ0n) is 12.6. The molecule has 0 amide bonds. The highest BCUT2D eigenvalue weighted by Gasteiger charge is 2.13. The summed E-state index contributed by atoms with van der Waals surface area (Å²) >= 11 is 3.66. The molecule has 22 heavy (non-hydrogen) atoms. The molecule has 0 saturated heterocycles. The molecule has 0 bridgehead atoms. The Hall–Kier alpha value is -2.00. The number of benzene rings is 3. The lowest BCUT2D eigenvalue weighted by atomic mass is 10.1. The highest BCUT2D eigenvalue weighted by Crippen LogP contribution is 2.41. The number of rotatable bonds is 4. The molecule has 0 radical (unpaired) electrons. The van der Waals surface area contributed by atoms with E-state index in [4.69, 9.17) is 9.47 Å². The van der Waals surface area contributed by atoms with Crippen molar-refractivity contribution in [2.24, 2.45) is 0 Å². The number of halogens is 1. The van der Waals surface area contributed by atoms with Gasteiger partial charge in [0.25, 0.3) is 0 Å². The number of hydrogen-bond acceptors (Lipinski definition) is 2. The molecule has 0 N–H and O–H groups in total. The topological polar surface area (TPSA) is 18.5 Å². The predicted molar refractivity (Wildman–Crippen MR) is 93.7 cm³/mol. The van der Waals surface area contributed by atoms with Gasteiger partial charge in [0.2, 0.25) is 0 Å². The van der Waals surface area contributed by atoms with Crippen LogP contribution in [-0.2, 0) is 6.61 Å². The summed E-state index contributed by atoms with van der Waals surface area (Å²) in [5.41, 5.74) is 2.37. The predicted octanol–water partition coefficient (Wildman–Crippen LogP) is 5.50. The molecular weight excluding hydrogens is 340 g/mol. The van der Waals surface area contributed by atoms with Crippen LogP contribution in [0.5, 0.6) is 11.5 Å². The van der Waals surface area contributed by atoms with E-state index < -0.39 is 0 Å². The third kappa shape index (κ3) is 2.95. The Morgan fingerprint density at radius 2 is 1.82 bits per heavy atom. The fraction of sp³-hybridized carbons (Fsp3) is 0.158. The number of methoxy groups -OCH3 is 1. The van der Waals surface area contributed by atoms with Gasteiger partial charge < -0.3 is 9.47 Å². The summed E-state index contributed by atoms with van der Waals surface area (Å²) in [6.45, 7) is 2.59. The summed E-state index contributed by atoms with van der Waals surface area (Å²) in [6, 6.07) is 18.5. The highest BCUT2D eigenvalue weighted by atomic mass is 79.9. The van der Waals surface area contributed by atoms with E-state index in [0.717, 1.165) is 32.3 Å². The second-order valence-electron chi connectivity index (χ2n) is 5.22. The SMILES string of the molecule is COc1cc2ccccc2c(Br)c1OCc1cccc(C)c1. The first-order valence-electron chi connectivity index (χ1n) is 7.12. The van der Waals surface area contributed by atoms with Gasteiger partial charge in [-0.25, -0.2) is 0 Å². The van der Waals surface area contributed by atoms with E-state index in [0.29, 0.717) is 6.61 Å². The van der Waals surface area contributed by atoms with Crippen molar-refractivity contribution < 1.29 is 9.47 Å². The van der Waals surface area contributed by atoms with Crippen molar-refractivity contribution in [1.82, 2.24) is 0 Å². The van der Waals surface area contributed by atoms with Gasteiger partial charge >= 0.3 is 0 Å². The number of ether oxygens (including phenoxy) is 2. The monoisotopic (exact) mass is 356 g/mol. The van der Waals surface area contributed by atoms with Gasteiger partial charge in [0.05, 0.1) is 11.6 Å².